The van der Waals surface area contributed by atoms with E-state index in [0.717, 1.165) is 16.5 Å². The number of benzene rings is 2. The van der Waals surface area contributed by atoms with Crippen molar-refractivity contribution in [3.8, 4) is 0 Å². The van der Waals surface area contributed by atoms with Crippen molar-refractivity contribution in [2.24, 2.45) is 0 Å². The van der Waals surface area contributed by atoms with Gasteiger partial charge in [-0.2, -0.15) is 5.10 Å². The predicted octanol–water partition coefficient (Wildman–Crippen LogP) is 3.77. The Labute approximate surface area is 172 Å². The predicted molar refractivity (Wildman–Crippen MR) is 111 cm³/mol. The fraction of sp³-hybridized carbons (Fsp3) is 0.143. The van der Waals surface area contributed by atoms with E-state index in [4.69, 9.17) is 11.6 Å². The maximum atomic E-state index is 12.7. The summed E-state index contributed by atoms with van der Waals surface area (Å²) in [6.45, 7) is 2.10. The van der Waals surface area contributed by atoms with Gasteiger partial charge in [-0.3, -0.25) is 14.5 Å². The van der Waals surface area contributed by atoms with Crippen molar-refractivity contribution >= 4 is 34.1 Å². The first kappa shape index (κ1) is 19.0. The minimum absolute atomic E-state index is 0.257. The Hall–Kier alpha value is -3.29. The molecular weight excluding hydrogens is 390 g/mol. The number of aryl methyl sites for hydroxylation is 1. The lowest BCUT2D eigenvalue weighted by molar-refractivity contribution is 0.102. The smallest absolute Gasteiger partial charge is 0.257 e. The molecule has 2 aromatic carbocycles. The molecule has 146 valence electrons. The largest absolute Gasteiger partial charge is 0.386 e. The second-order valence-corrected chi connectivity index (χ2v) is 7.10. The van der Waals surface area contributed by atoms with E-state index in [-0.39, 0.29) is 5.91 Å². The molecule has 0 saturated carbocycles. The Bertz CT molecular complexity index is 1160. The summed E-state index contributed by atoms with van der Waals surface area (Å²) < 4.78 is 1.56. The van der Waals surface area contributed by atoms with Crippen LogP contribution in [0.4, 0.5) is 5.69 Å². The zero-order chi connectivity index (χ0) is 20.4. The third-order valence-electron chi connectivity index (χ3n) is 4.59. The number of rotatable bonds is 5. The van der Waals surface area contributed by atoms with E-state index in [1.165, 1.54) is 6.33 Å². The van der Waals surface area contributed by atoms with Gasteiger partial charge in [0.15, 0.2) is 0 Å². The van der Waals surface area contributed by atoms with Gasteiger partial charge >= 0.3 is 0 Å². The summed E-state index contributed by atoms with van der Waals surface area (Å²) in [6, 6.07) is 14.2. The van der Waals surface area contributed by atoms with Crippen molar-refractivity contribution in [1.82, 2.24) is 19.7 Å². The summed E-state index contributed by atoms with van der Waals surface area (Å²) in [5, 5.41) is 18.6. The van der Waals surface area contributed by atoms with Gasteiger partial charge in [0.1, 0.15) is 12.7 Å². The number of pyridine rings is 1. The highest BCUT2D eigenvalue weighted by atomic mass is 35.5. The molecule has 1 amide bonds. The number of halogens is 1. The quantitative estimate of drug-likeness (QED) is 0.525. The van der Waals surface area contributed by atoms with E-state index < -0.39 is 6.10 Å². The molecule has 1 atom stereocenters. The van der Waals surface area contributed by atoms with E-state index in [2.05, 4.69) is 20.4 Å². The number of nitrogens with zero attached hydrogens (tertiary/aromatic N) is 4. The first-order valence-corrected chi connectivity index (χ1v) is 9.36. The normalized spacial score (nSPS) is 12.1. The van der Waals surface area contributed by atoms with Crippen LogP contribution in [0.2, 0.25) is 5.02 Å². The minimum Gasteiger partial charge on any atom is -0.386 e. The van der Waals surface area contributed by atoms with Gasteiger partial charge in [0.05, 0.1) is 29.4 Å². The Morgan fingerprint density at radius 3 is 2.72 bits per heavy atom. The third kappa shape index (κ3) is 4.26. The molecule has 0 aliphatic rings. The number of aliphatic hydroxyl groups excluding tert-OH is 1. The third-order valence-corrected chi connectivity index (χ3v) is 4.83. The van der Waals surface area contributed by atoms with Gasteiger partial charge in [-0.15, -0.1) is 0 Å². The monoisotopic (exact) mass is 407 g/mol. The summed E-state index contributed by atoms with van der Waals surface area (Å²) in [7, 11) is 0. The van der Waals surface area contributed by atoms with E-state index >= 15 is 0 Å². The number of amides is 1. The molecule has 0 aliphatic heterocycles. The van der Waals surface area contributed by atoms with Crippen molar-refractivity contribution < 1.29 is 9.90 Å². The molecule has 2 heterocycles. The summed E-state index contributed by atoms with van der Waals surface area (Å²) in [4.78, 5) is 21.1. The molecular formula is C21H18ClN5O2. The SMILES string of the molecule is Cc1nc2ccc(Cl)cc2cc1C(=O)Nc1ccc([C@@H](O)Cn2cncn2)cc1. The molecule has 0 fully saturated rings. The zero-order valence-electron chi connectivity index (χ0n) is 15.6. The molecule has 4 rings (SSSR count). The molecule has 0 saturated heterocycles. The lowest BCUT2D eigenvalue weighted by Gasteiger charge is -2.12. The number of aromatic nitrogens is 4. The second kappa shape index (κ2) is 7.98. The number of carbonyl (C=O) groups is 1. The Balaban J connectivity index is 1.49. The summed E-state index contributed by atoms with van der Waals surface area (Å²) in [5.41, 5.74) is 3.25. The number of nitrogens with one attached hydrogen (secondary N) is 1. The maximum absolute atomic E-state index is 12.7. The van der Waals surface area contributed by atoms with Crippen LogP contribution in [0.5, 0.6) is 0 Å². The van der Waals surface area contributed by atoms with Crippen molar-refractivity contribution in [3.63, 3.8) is 0 Å². The van der Waals surface area contributed by atoms with Gasteiger partial charge in [0.25, 0.3) is 5.91 Å². The molecule has 29 heavy (non-hydrogen) atoms. The molecule has 0 aliphatic carbocycles. The van der Waals surface area contributed by atoms with E-state index in [1.54, 1.807) is 60.4 Å². The second-order valence-electron chi connectivity index (χ2n) is 6.67. The van der Waals surface area contributed by atoms with Gasteiger partial charge in [-0.25, -0.2) is 4.98 Å². The van der Waals surface area contributed by atoms with Crippen LogP contribution < -0.4 is 5.32 Å². The molecule has 0 bridgehead atoms. The average molecular weight is 408 g/mol. The molecule has 8 heteroatoms. The Morgan fingerprint density at radius 1 is 1.21 bits per heavy atom. The van der Waals surface area contributed by atoms with Crippen molar-refractivity contribution in [3.05, 3.63) is 83.0 Å². The van der Waals surface area contributed by atoms with Crippen LogP contribution in [0, 0.1) is 6.92 Å². The first-order chi connectivity index (χ1) is 14.0. The van der Waals surface area contributed by atoms with E-state index in [1.807, 2.05) is 6.07 Å². The highest BCUT2D eigenvalue weighted by molar-refractivity contribution is 6.31. The number of anilines is 1. The van der Waals surface area contributed by atoms with Gasteiger partial charge in [0.2, 0.25) is 0 Å². The standard InChI is InChI=1S/C21H18ClN5O2/c1-13-18(9-15-8-16(22)4-7-19(15)25-13)21(29)26-17-5-2-14(3-6-17)20(28)10-27-12-23-11-24-27/h2-9,11-12,20,28H,10H2,1H3,(H,26,29)/t20-/m0/s1. The van der Waals surface area contributed by atoms with Crippen LogP contribution in [0.15, 0.2) is 61.2 Å². The van der Waals surface area contributed by atoms with Crippen molar-refractivity contribution in [1.29, 1.82) is 0 Å². The van der Waals surface area contributed by atoms with Gasteiger partial charge in [0, 0.05) is 16.1 Å². The molecule has 2 aromatic heterocycles. The van der Waals surface area contributed by atoms with Crippen LogP contribution in [0.1, 0.15) is 27.7 Å². The Kier molecular flexibility index (Phi) is 5.24. The van der Waals surface area contributed by atoms with Crippen LogP contribution in [0.25, 0.3) is 10.9 Å². The molecule has 0 spiro atoms. The lowest BCUT2D eigenvalue weighted by atomic mass is 10.1. The number of hydrogen-bond acceptors (Lipinski definition) is 5. The van der Waals surface area contributed by atoms with Gasteiger partial charge in [-0.1, -0.05) is 23.7 Å². The molecule has 7 nitrogen and oxygen atoms in total. The number of fused-ring (bicyclic) bond motifs is 1. The fourth-order valence-corrected chi connectivity index (χ4v) is 3.25. The molecule has 2 N–H and O–H groups in total. The highest BCUT2D eigenvalue weighted by Gasteiger charge is 2.13. The summed E-state index contributed by atoms with van der Waals surface area (Å²) in [5.74, 6) is -0.257. The maximum Gasteiger partial charge on any atom is 0.257 e. The lowest BCUT2D eigenvalue weighted by Crippen LogP contribution is -2.14. The van der Waals surface area contributed by atoms with Crippen LogP contribution >= 0.6 is 11.6 Å². The minimum atomic E-state index is -0.724. The summed E-state index contributed by atoms with van der Waals surface area (Å²) in [6.07, 6.45) is 2.24. The number of aliphatic hydroxyl groups is 1. The highest BCUT2D eigenvalue weighted by Crippen LogP contribution is 2.22. The van der Waals surface area contributed by atoms with Crippen LogP contribution in [0.3, 0.4) is 0 Å². The van der Waals surface area contributed by atoms with Crippen LogP contribution in [-0.2, 0) is 6.54 Å². The molecule has 0 unspecified atom stereocenters. The first-order valence-electron chi connectivity index (χ1n) is 8.98. The van der Waals surface area contributed by atoms with Gasteiger partial charge in [-0.05, 0) is 48.9 Å². The van der Waals surface area contributed by atoms with E-state index in [0.29, 0.717) is 28.5 Å². The Morgan fingerprint density at radius 2 is 2.00 bits per heavy atom. The average Bonchev–Trinajstić information content (AvgIpc) is 3.21. The molecule has 4 aromatic rings. The van der Waals surface area contributed by atoms with Crippen molar-refractivity contribution in [2.75, 3.05) is 5.32 Å². The molecule has 0 radical (unpaired) electrons. The van der Waals surface area contributed by atoms with Crippen molar-refractivity contribution in [2.45, 2.75) is 19.6 Å². The number of hydrogen-bond donors (Lipinski definition) is 2. The number of carbonyl (C=O) groups excluding carboxylic acids is 1. The fourth-order valence-electron chi connectivity index (χ4n) is 3.07. The topological polar surface area (TPSA) is 92.9 Å². The van der Waals surface area contributed by atoms with Gasteiger partial charge < -0.3 is 10.4 Å². The van der Waals surface area contributed by atoms with E-state index in [9.17, 15) is 9.90 Å². The summed E-state index contributed by atoms with van der Waals surface area (Å²) >= 11 is 6.05. The zero-order valence-corrected chi connectivity index (χ0v) is 16.3. The van der Waals surface area contributed by atoms with Crippen LogP contribution in [-0.4, -0.2) is 30.8 Å².